The van der Waals surface area contributed by atoms with E-state index in [9.17, 15) is 4.79 Å². The van der Waals surface area contributed by atoms with Crippen LogP contribution < -0.4 is 15.4 Å². The van der Waals surface area contributed by atoms with Gasteiger partial charge in [-0.2, -0.15) is 0 Å². The summed E-state index contributed by atoms with van der Waals surface area (Å²) in [5, 5.41) is 6.10. The summed E-state index contributed by atoms with van der Waals surface area (Å²) >= 11 is 3.38. The van der Waals surface area contributed by atoms with E-state index in [-0.39, 0.29) is 30.5 Å². The van der Waals surface area contributed by atoms with Crippen LogP contribution in [0.4, 0.5) is 0 Å². The number of nitrogens with one attached hydrogen (secondary N) is 2. The van der Waals surface area contributed by atoms with Gasteiger partial charge in [-0.25, -0.2) is 0 Å². The van der Waals surface area contributed by atoms with Crippen LogP contribution >= 0.6 is 28.3 Å². The lowest BCUT2D eigenvalue weighted by atomic mass is 10.2. The van der Waals surface area contributed by atoms with Gasteiger partial charge in [0.25, 0.3) is 0 Å². The van der Waals surface area contributed by atoms with Crippen LogP contribution in [-0.2, 0) is 4.79 Å². The molecule has 0 bridgehead atoms. The van der Waals surface area contributed by atoms with Crippen molar-refractivity contribution in [2.24, 2.45) is 0 Å². The Kier molecular flexibility index (Phi) is 7.34. The van der Waals surface area contributed by atoms with E-state index < -0.39 is 0 Å². The van der Waals surface area contributed by atoms with Gasteiger partial charge in [-0.15, -0.1) is 12.4 Å². The quantitative estimate of drug-likeness (QED) is 0.845. The first kappa shape index (κ1) is 17.3. The molecule has 2 rings (SSSR count). The summed E-state index contributed by atoms with van der Waals surface area (Å²) in [6.07, 6.45) is 1.95. The molecule has 0 aliphatic carbocycles. The maximum absolute atomic E-state index is 11.8. The standard InChI is InChI=1S/C14H19BrN2O2.ClH/c1-10(19-12-6-4-11(15)5-7-12)9-17-14(18)13-3-2-8-16-13;/h4-7,10,13,16H,2-3,8-9H2,1H3,(H,17,18);1H. The summed E-state index contributed by atoms with van der Waals surface area (Å²) in [7, 11) is 0. The summed E-state index contributed by atoms with van der Waals surface area (Å²) in [6.45, 7) is 3.40. The van der Waals surface area contributed by atoms with Crippen molar-refractivity contribution in [1.82, 2.24) is 10.6 Å². The number of hydrogen-bond donors (Lipinski definition) is 2. The molecular weight excluding hydrogens is 344 g/mol. The first-order chi connectivity index (χ1) is 9.15. The van der Waals surface area contributed by atoms with Gasteiger partial charge in [0, 0.05) is 4.47 Å². The normalized spacial score (nSPS) is 19.0. The van der Waals surface area contributed by atoms with Crippen molar-refractivity contribution in [3.8, 4) is 5.75 Å². The molecule has 2 unspecified atom stereocenters. The van der Waals surface area contributed by atoms with Crippen molar-refractivity contribution >= 4 is 34.2 Å². The molecule has 4 nitrogen and oxygen atoms in total. The minimum atomic E-state index is -0.0495. The van der Waals surface area contributed by atoms with Crippen molar-refractivity contribution in [1.29, 1.82) is 0 Å². The van der Waals surface area contributed by atoms with Crippen LogP contribution in [0.1, 0.15) is 19.8 Å². The van der Waals surface area contributed by atoms with Gasteiger partial charge in [-0.05, 0) is 50.6 Å². The smallest absolute Gasteiger partial charge is 0.237 e. The van der Waals surface area contributed by atoms with Crippen LogP contribution in [0.5, 0.6) is 5.75 Å². The maximum Gasteiger partial charge on any atom is 0.237 e. The van der Waals surface area contributed by atoms with Crippen LogP contribution in [0.25, 0.3) is 0 Å². The number of halogens is 2. The van der Waals surface area contributed by atoms with Gasteiger partial charge in [0.1, 0.15) is 11.9 Å². The minimum Gasteiger partial charge on any atom is -0.489 e. The fourth-order valence-corrected chi connectivity index (χ4v) is 2.33. The zero-order valence-electron chi connectivity index (χ0n) is 11.4. The highest BCUT2D eigenvalue weighted by molar-refractivity contribution is 9.10. The Labute approximate surface area is 134 Å². The van der Waals surface area contributed by atoms with Crippen LogP contribution in [-0.4, -0.2) is 31.1 Å². The van der Waals surface area contributed by atoms with Crippen molar-refractivity contribution in [3.05, 3.63) is 28.7 Å². The van der Waals surface area contributed by atoms with Gasteiger partial charge >= 0.3 is 0 Å². The van der Waals surface area contributed by atoms with Crippen LogP contribution in [0.15, 0.2) is 28.7 Å². The predicted molar refractivity (Wildman–Crippen MR) is 85.5 cm³/mol. The molecule has 1 fully saturated rings. The topological polar surface area (TPSA) is 50.4 Å². The lowest BCUT2D eigenvalue weighted by molar-refractivity contribution is -0.123. The van der Waals surface area contributed by atoms with Crippen LogP contribution in [0.2, 0.25) is 0 Å². The second kappa shape index (κ2) is 8.49. The minimum absolute atomic E-state index is 0. The number of hydrogen-bond acceptors (Lipinski definition) is 3. The molecule has 0 spiro atoms. The monoisotopic (exact) mass is 362 g/mol. The van der Waals surface area contributed by atoms with Crippen molar-refractivity contribution in [3.63, 3.8) is 0 Å². The number of carbonyl (C=O) groups is 1. The molecule has 2 atom stereocenters. The molecule has 1 aliphatic heterocycles. The lowest BCUT2D eigenvalue weighted by Gasteiger charge is -2.17. The molecule has 2 N–H and O–H groups in total. The highest BCUT2D eigenvalue weighted by Crippen LogP contribution is 2.17. The van der Waals surface area contributed by atoms with E-state index >= 15 is 0 Å². The van der Waals surface area contributed by atoms with Crippen molar-refractivity contribution in [2.45, 2.75) is 31.9 Å². The number of rotatable bonds is 5. The van der Waals surface area contributed by atoms with Gasteiger partial charge < -0.3 is 15.4 Å². The molecule has 1 saturated heterocycles. The summed E-state index contributed by atoms with van der Waals surface area (Å²) in [6, 6.07) is 7.65. The first-order valence-electron chi connectivity index (χ1n) is 6.58. The third-order valence-corrected chi connectivity index (χ3v) is 3.62. The maximum atomic E-state index is 11.8. The SMILES string of the molecule is CC(CNC(=O)C1CCCN1)Oc1ccc(Br)cc1.Cl. The van der Waals surface area contributed by atoms with E-state index in [0.29, 0.717) is 6.54 Å². The lowest BCUT2D eigenvalue weighted by Crippen LogP contribution is -2.43. The Hall–Kier alpha value is -0.780. The zero-order chi connectivity index (χ0) is 13.7. The predicted octanol–water partition coefficient (Wildman–Crippen LogP) is 2.51. The second-order valence-electron chi connectivity index (χ2n) is 4.78. The fraction of sp³-hybridized carbons (Fsp3) is 0.500. The van der Waals surface area contributed by atoms with E-state index in [4.69, 9.17) is 4.74 Å². The summed E-state index contributed by atoms with van der Waals surface area (Å²) in [4.78, 5) is 11.8. The zero-order valence-corrected chi connectivity index (χ0v) is 13.8. The van der Waals surface area contributed by atoms with Gasteiger partial charge in [-0.1, -0.05) is 15.9 Å². The molecule has 0 saturated carbocycles. The van der Waals surface area contributed by atoms with Gasteiger partial charge in [0.2, 0.25) is 5.91 Å². The molecule has 1 aromatic rings. The Morgan fingerprint density at radius 2 is 2.20 bits per heavy atom. The number of carbonyl (C=O) groups excluding carboxylic acids is 1. The molecule has 1 heterocycles. The Morgan fingerprint density at radius 3 is 2.80 bits per heavy atom. The van der Waals surface area contributed by atoms with Gasteiger partial charge in [0.15, 0.2) is 0 Å². The number of amides is 1. The molecule has 6 heteroatoms. The third kappa shape index (κ3) is 5.31. The molecule has 0 radical (unpaired) electrons. The van der Waals surface area contributed by atoms with E-state index in [0.717, 1.165) is 29.6 Å². The van der Waals surface area contributed by atoms with Gasteiger partial charge in [-0.3, -0.25) is 4.79 Å². The van der Waals surface area contributed by atoms with E-state index in [2.05, 4.69) is 26.6 Å². The summed E-state index contributed by atoms with van der Waals surface area (Å²) in [5.74, 6) is 0.882. The van der Waals surface area contributed by atoms with Crippen molar-refractivity contribution in [2.75, 3.05) is 13.1 Å². The molecular formula is C14H20BrClN2O2. The summed E-state index contributed by atoms with van der Waals surface area (Å²) < 4.78 is 6.75. The first-order valence-corrected chi connectivity index (χ1v) is 7.38. The highest BCUT2D eigenvalue weighted by Gasteiger charge is 2.21. The van der Waals surface area contributed by atoms with Crippen molar-refractivity contribution < 1.29 is 9.53 Å². The van der Waals surface area contributed by atoms with Crippen LogP contribution in [0.3, 0.4) is 0 Å². The highest BCUT2D eigenvalue weighted by atomic mass is 79.9. The Balaban J connectivity index is 0.00000200. The molecule has 20 heavy (non-hydrogen) atoms. The van der Waals surface area contributed by atoms with E-state index in [1.165, 1.54) is 0 Å². The van der Waals surface area contributed by atoms with E-state index in [1.54, 1.807) is 0 Å². The number of benzene rings is 1. The fourth-order valence-electron chi connectivity index (χ4n) is 2.06. The third-order valence-electron chi connectivity index (χ3n) is 3.09. The molecule has 0 aromatic heterocycles. The molecule has 1 aromatic carbocycles. The van der Waals surface area contributed by atoms with Gasteiger partial charge in [0.05, 0.1) is 12.6 Å². The summed E-state index contributed by atoms with van der Waals surface area (Å²) in [5.41, 5.74) is 0. The second-order valence-corrected chi connectivity index (χ2v) is 5.69. The molecule has 1 aliphatic rings. The number of ether oxygens (including phenoxy) is 1. The molecule has 1 amide bonds. The molecule has 112 valence electrons. The van der Waals surface area contributed by atoms with E-state index in [1.807, 2.05) is 31.2 Å². The Bertz CT molecular complexity index is 422. The largest absolute Gasteiger partial charge is 0.489 e. The average molecular weight is 364 g/mol. The Morgan fingerprint density at radius 1 is 1.50 bits per heavy atom. The van der Waals surface area contributed by atoms with Crippen LogP contribution in [0, 0.1) is 0 Å². The average Bonchev–Trinajstić information content (AvgIpc) is 2.93.